The minimum Gasteiger partial charge on any atom is -0.316 e. The van der Waals surface area contributed by atoms with Gasteiger partial charge in [-0.1, -0.05) is 18.2 Å². The van der Waals surface area contributed by atoms with Crippen LogP contribution in [0, 0.1) is 5.92 Å². The van der Waals surface area contributed by atoms with Gasteiger partial charge in [-0.05, 0) is 43.9 Å². The Bertz CT molecular complexity index is 561. The molecule has 3 N–H and O–H groups in total. The largest absolute Gasteiger partial charge is 0.316 e. The first-order valence-electron chi connectivity index (χ1n) is 8.45. The van der Waals surface area contributed by atoms with E-state index in [1.54, 1.807) is 0 Å². The first-order valence-corrected chi connectivity index (χ1v) is 8.45. The minimum absolute atomic E-state index is 0.121. The summed E-state index contributed by atoms with van der Waals surface area (Å²) in [5, 5.41) is 3.42. The summed E-state index contributed by atoms with van der Waals surface area (Å²) in [6.45, 7) is 2.78. The first kappa shape index (κ1) is 14.2. The van der Waals surface area contributed by atoms with Crippen molar-refractivity contribution in [3.8, 4) is 0 Å². The number of amides is 1. The Morgan fingerprint density at radius 2 is 2.09 bits per heavy atom. The Morgan fingerprint density at radius 1 is 1.18 bits per heavy atom. The zero-order valence-corrected chi connectivity index (χ0v) is 12.8. The molecule has 5 nitrogen and oxygen atoms in total. The molecule has 4 rings (SSSR count). The second-order valence-corrected chi connectivity index (χ2v) is 6.61. The molecule has 0 bridgehead atoms. The number of fused-ring (bicyclic) bond motifs is 2. The molecule has 1 aromatic rings. The van der Waals surface area contributed by atoms with Crippen LogP contribution in [0.1, 0.15) is 24.8 Å². The summed E-state index contributed by atoms with van der Waals surface area (Å²) in [5.41, 5.74) is 9.01. The Hall–Kier alpha value is -1.43. The summed E-state index contributed by atoms with van der Waals surface area (Å²) in [6, 6.07) is 8.66. The minimum atomic E-state index is -0.121. The normalized spacial score (nSPS) is 31.3. The third kappa shape index (κ3) is 2.43. The van der Waals surface area contributed by atoms with Crippen molar-refractivity contribution >= 4 is 11.6 Å². The molecule has 1 amide bonds. The molecule has 3 aliphatic heterocycles. The number of piperidine rings is 1. The zero-order chi connectivity index (χ0) is 14.9. The Balaban J connectivity index is 1.60. The highest BCUT2D eigenvalue weighted by atomic mass is 16.2. The van der Waals surface area contributed by atoms with Gasteiger partial charge in [0.15, 0.2) is 0 Å². The molecule has 0 spiro atoms. The van der Waals surface area contributed by atoms with Crippen LogP contribution in [0.15, 0.2) is 24.3 Å². The molecule has 2 saturated heterocycles. The molecule has 5 heteroatoms. The lowest BCUT2D eigenvalue weighted by Gasteiger charge is -2.31. The van der Waals surface area contributed by atoms with Gasteiger partial charge in [0.2, 0.25) is 5.91 Å². The van der Waals surface area contributed by atoms with Crippen molar-refractivity contribution < 1.29 is 4.79 Å². The predicted octanol–water partition coefficient (Wildman–Crippen LogP) is 0.810. The number of hydrazine groups is 1. The number of nitrogens with zero attached hydrogens (tertiary/aromatic N) is 1. The van der Waals surface area contributed by atoms with Gasteiger partial charge in [0.25, 0.3) is 0 Å². The fourth-order valence-electron chi connectivity index (χ4n) is 4.05. The van der Waals surface area contributed by atoms with Gasteiger partial charge in [0.05, 0.1) is 0 Å². The van der Waals surface area contributed by atoms with Gasteiger partial charge in [-0.15, -0.1) is 0 Å². The summed E-state index contributed by atoms with van der Waals surface area (Å²) in [7, 11) is 0. The van der Waals surface area contributed by atoms with Crippen molar-refractivity contribution in [3.63, 3.8) is 0 Å². The van der Waals surface area contributed by atoms with Gasteiger partial charge in [-0.2, -0.15) is 0 Å². The highest BCUT2D eigenvalue weighted by Crippen LogP contribution is 2.29. The van der Waals surface area contributed by atoms with Gasteiger partial charge in [-0.25, -0.2) is 5.43 Å². The third-order valence-corrected chi connectivity index (χ3v) is 5.27. The molecular formula is C17H24N4O. The Morgan fingerprint density at radius 3 is 3.05 bits per heavy atom. The number of nitrogens with one attached hydrogen (secondary N) is 3. The molecule has 22 heavy (non-hydrogen) atoms. The van der Waals surface area contributed by atoms with Crippen molar-refractivity contribution in [3.05, 3.63) is 29.8 Å². The van der Waals surface area contributed by atoms with E-state index in [-0.39, 0.29) is 11.9 Å². The van der Waals surface area contributed by atoms with Crippen molar-refractivity contribution in [2.24, 2.45) is 5.92 Å². The highest BCUT2D eigenvalue weighted by Gasteiger charge is 2.43. The van der Waals surface area contributed by atoms with Crippen molar-refractivity contribution in [2.75, 3.05) is 24.5 Å². The van der Waals surface area contributed by atoms with Crippen LogP contribution < -0.4 is 21.1 Å². The lowest BCUT2D eigenvalue weighted by atomic mass is 9.88. The zero-order valence-electron chi connectivity index (χ0n) is 12.8. The van der Waals surface area contributed by atoms with Crippen LogP contribution in [0.3, 0.4) is 0 Å². The van der Waals surface area contributed by atoms with Gasteiger partial charge in [0, 0.05) is 30.7 Å². The lowest BCUT2D eigenvalue weighted by molar-refractivity contribution is -0.121. The molecule has 118 valence electrons. The van der Waals surface area contributed by atoms with Gasteiger partial charge >= 0.3 is 0 Å². The van der Waals surface area contributed by atoms with Crippen LogP contribution in [0.25, 0.3) is 0 Å². The molecular weight excluding hydrogens is 276 g/mol. The van der Waals surface area contributed by atoms with E-state index in [0.717, 1.165) is 51.0 Å². The van der Waals surface area contributed by atoms with Gasteiger partial charge in [0.1, 0.15) is 6.04 Å². The molecule has 3 aliphatic rings. The second-order valence-electron chi connectivity index (χ2n) is 6.61. The summed E-state index contributed by atoms with van der Waals surface area (Å²) in [4.78, 5) is 15.2. The van der Waals surface area contributed by atoms with E-state index < -0.39 is 0 Å². The topological polar surface area (TPSA) is 56.4 Å². The number of carbonyl (C=O) groups excluding carboxylic acids is 1. The van der Waals surface area contributed by atoms with E-state index >= 15 is 0 Å². The van der Waals surface area contributed by atoms with Crippen LogP contribution in [0.2, 0.25) is 0 Å². The molecule has 3 unspecified atom stereocenters. The van der Waals surface area contributed by atoms with Gasteiger partial charge < -0.3 is 10.2 Å². The van der Waals surface area contributed by atoms with E-state index in [1.165, 1.54) is 5.56 Å². The molecule has 3 atom stereocenters. The lowest BCUT2D eigenvalue weighted by Crippen LogP contribution is -2.51. The van der Waals surface area contributed by atoms with E-state index in [4.69, 9.17) is 0 Å². The summed E-state index contributed by atoms with van der Waals surface area (Å²) >= 11 is 0. The maximum atomic E-state index is 13.2. The number of aryl methyl sites for hydroxylation is 1. The monoisotopic (exact) mass is 300 g/mol. The fraction of sp³-hybridized carbons (Fsp3) is 0.588. The van der Waals surface area contributed by atoms with Crippen molar-refractivity contribution in [2.45, 2.75) is 37.8 Å². The quantitative estimate of drug-likeness (QED) is 0.718. The molecule has 3 heterocycles. The summed E-state index contributed by atoms with van der Waals surface area (Å²) in [6.07, 6.45) is 4.39. The number of hydrogen-bond acceptors (Lipinski definition) is 4. The van der Waals surface area contributed by atoms with Crippen LogP contribution in [-0.2, 0) is 11.2 Å². The molecule has 1 aromatic carbocycles. The molecule has 2 fully saturated rings. The smallest absolute Gasteiger partial charge is 0.245 e. The summed E-state index contributed by atoms with van der Waals surface area (Å²) < 4.78 is 0. The van der Waals surface area contributed by atoms with E-state index in [0.29, 0.717) is 12.0 Å². The predicted molar refractivity (Wildman–Crippen MR) is 86.6 cm³/mol. The maximum absolute atomic E-state index is 13.2. The van der Waals surface area contributed by atoms with Crippen LogP contribution in [0.4, 0.5) is 5.69 Å². The third-order valence-electron chi connectivity index (χ3n) is 5.27. The van der Waals surface area contributed by atoms with E-state index in [9.17, 15) is 4.79 Å². The molecule has 0 radical (unpaired) electrons. The molecule has 0 saturated carbocycles. The maximum Gasteiger partial charge on any atom is 0.245 e. The standard InChI is InChI=1S/C17H24N4O/c22-17(16-13-11-18-9-8-14(13)19-20-16)21-10-4-3-6-12-5-1-2-7-15(12)21/h1-2,5,7,13-14,16,18-20H,3-4,6,8-11H2. The molecule has 0 aliphatic carbocycles. The average Bonchev–Trinajstić information content (AvgIpc) is 2.87. The summed E-state index contributed by atoms with van der Waals surface area (Å²) in [5.74, 6) is 0.565. The van der Waals surface area contributed by atoms with Crippen molar-refractivity contribution in [1.29, 1.82) is 0 Å². The number of hydrogen-bond donors (Lipinski definition) is 3. The number of rotatable bonds is 1. The second kappa shape index (κ2) is 5.99. The molecule has 0 aromatic heterocycles. The van der Waals surface area contributed by atoms with E-state index in [2.05, 4.69) is 34.4 Å². The first-order chi connectivity index (χ1) is 10.8. The number of benzene rings is 1. The Kier molecular flexibility index (Phi) is 3.86. The Labute approximate surface area is 131 Å². The van der Waals surface area contributed by atoms with Crippen LogP contribution >= 0.6 is 0 Å². The fourth-order valence-corrected chi connectivity index (χ4v) is 4.05. The van der Waals surface area contributed by atoms with E-state index in [1.807, 2.05) is 11.0 Å². The van der Waals surface area contributed by atoms with Crippen LogP contribution in [-0.4, -0.2) is 37.6 Å². The number of para-hydroxylation sites is 1. The number of anilines is 1. The van der Waals surface area contributed by atoms with Crippen LogP contribution in [0.5, 0.6) is 0 Å². The number of carbonyl (C=O) groups is 1. The average molecular weight is 300 g/mol. The van der Waals surface area contributed by atoms with Crippen molar-refractivity contribution in [1.82, 2.24) is 16.2 Å². The van der Waals surface area contributed by atoms with Gasteiger partial charge in [-0.3, -0.25) is 10.2 Å². The SMILES string of the molecule is O=C(C1NNC2CCNCC21)N1CCCCc2ccccc21. The highest BCUT2D eigenvalue weighted by molar-refractivity contribution is 5.98.